The molecule has 0 aliphatic rings. The minimum absolute atomic E-state index is 0.160. The minimum Gasteiger partial charge on any atom is -0.497 e. The summed E-state index contributed by atoms with van der Waals surface area (Å²) in [7, 11) is 3.56. The van der Waals surface area contributed by atoms with Crippen molar-refractivity contribution in [1.82, 2.24) is 4.90 Å². The number of ether oxygens (including phenoxy) is 2. The Hall–Kier alpha value is -2.33. The maximum Gasteiger partial charge on any atom is 0.153 e. The number of carbonyl (C=O) groups excluding carboxylic acids is 1. The van der Waals surface area contributed by atoms with Gasteiger partial charge in [0.15, 0.2) is 6.29 Å². The van der Waals surface area contributed by atoms with E-state index in [0.717, 1.165) is 12.8 Å². The minimum atomic E-state index is -0.160. The third-order valence-corrected chi connectivity index (χ3v) is 3.54. The molecular weight excluding hydrogens is 278 g/mol. The van der Waals surface area contributed by atoms with Crippen molar-refractivity contribution in [3.05, 3.63) is 59.7 Å². The zero-order valence-electron chi connectivity index (χ0n) is 13.2. The van der Waals surface area contributed by atoms with Crippen molar-refractivity contribution in [2.45, 2.75) is 19.7 Å². The molecule has 4 heteroatoms. The molecule has 116 valence electrons. The molecule has 0 saturated carbocycles. The van der Waals surface area contributed by atoms with Crippen molar-refractivity contribution >= 4 is 6.29 Å². The second kappa shape index (κ2) is 7.61. The van der Waals surface area contributed by atoms with Crippen LogP contribution >= 0.6 is 0 Å². The normalized spacial score (nSPS) is 12.0. The van der Waals surface area contributed by atoms with E-state index in [9.17, 15) is 4.79 Å². The fourth-order valence-corrected chi connectivity index (χ4v) is 2.13. The molecule has 0 aliphatic heterocycles. The maximum atomic E-state index is 11.2. The number of aldehydes is 1. The van der Waals surface area contributed by atoms with E-state index in [0.29, 0.717) is 17.1 Å². The topological polar surface area (TPSA) is 38.8 Å². The Labute approximate surface area is 131 Å². The lowest BCUT2D eigenvalue weighted by Gasteiger charge is -2.26. The van der Waals surface area contributed by atoms with Gasteiger partial charge >= 0.3 is 0 Å². The summed E-state index contributed by atoms with van der Waals surface area (Å²) < 4.78 is 11.0. The molecule has 0 bridgehead atoms. The van der Waals surface area contributed by atoms with Crippen LogP contribution in [0.15, 0.2) is 48.5 Å². The van der Waals surface area contributed by atoms with Crippen LogP contribution in [-0.2, 0) is 6.54 Å². The van der Waals surface area contributed by atoms with Crippen LogP contribution in [0.25, 0.3) is 0 Å². The van der Waals surface area contributed by atoms with Crippen molar-refractivity contribution in [2.75, 3.05) is 14.2 Å². The van der Waals surface area contributed by atoms with Crippen LogP contribution in [-0.4, -0.2) is 31.6 Å². The monoisotopic (exact) mass is 299 g/mol. The number of hydrogen-bond acceptors (Lipinski definition) is 4. The number of carbonyl (C=O) groups is 1. The van der Waals surface area contributed by atoms with Crippen LogP contribution in [0.4, 0.5) is 0 Å². The molecule has 0 amide bonds. The summed E-state index contributed by atoms with van der Waals surface area (Å²) in [6, 6.07) is 15.4. The molecule has 0 aliphatic carbocycles. The Morgan fingerprint density at radius 3 is 2.55 bits per heavy atom. The van der Waals surface area contributed by atoms with Gasteiger partial charge in [-0.15, -0.1) is 0 Å². The van der Waals surface area contributed by atoms with Gasteiger partial charge in [-0.05, 0) is 37.7 Å². The van der Waals surface area contributed by atoms with E-state index in [1.54, 1.807) is 25.3 Å². The van der Waals surface area contributed by atoms with E-state index in [4.69, 9.17) is 9.47 Å². The highest BCUT2D eigenvalue weighted by atomic mass is 16.5. The van der Waals surface area contributed by atoms with Crippen LogP contribution in [0.1, 0.15) is 22.8 Å². The predicted molar refractivity (Wildman–Crippen MR) is 86.4 cm³/mol. The summed E-state index contributed by atoms with van der Waals surface area (Å²) in [5.41, 5.74) is 1.70. The fourth-order valence-electron chi connectivity index (χ4n) is 2.13. The van der Waals surface area contributed by atoms with Gasteiger partial charge in [-0.2, -0.15) is 0 Å². The molecule has 0 radical (unpaired) electrons. The van der Waals surface area contributed by atoms with Crippen molar-refractivity contribution in [3.63, 3.8) is 0 Å². The van der Waals surface area contributed by atoms with E-state index < -0.39 is 0 Å². The Balaban J connectivity index is 2.04. The van der Waals surface area contributed by atoms with Gasteiger partial charge in [0.05, 0.1) is 12.7 Å². The molecule has 22 heavy (non-hydrogen) atoms. The average Bonchev–Trinajstić information content (AvgIpc) is 2.56. The highest BCUT2D eigenvalue weighted by Crippen LogP contribution is 2.24. The third-order valence-electron chi connectivity index (χ3n) is 3.54. The third kappa shape index (κ3) is 4.09. The van der Waals surface area contributed by atoms with Gasteiger partial charge in [-0.3, -0.25) is 9.69 Å². The van der Waals surface area contributed by atoms with E-state index in [2.05, 4.69) is 17.0 Å². The van der Waals surface area contributed by atoms with Crippen molar-refractivity contribution in [1.29, 1.82) is 0 Å². The van der Waals surface area contributed by atoms with E-state index in [-0.39, 0.29) is 6.23 Å². The summed E-state index contributed by atoms with van der Waals surface area (Å²) >= 11 is 0. The molecule has 0 heterocycles. The molecule has 2 aromatic carbocycles. The van der Waals surface area contributed by atoms with Crippen LogP contribution in [0, 0.1) is 0 Å². The molecule has 0 saturated heterocycles. The first-order valence-corrected chi connectivity index (χ1v) is 7.18. The van der Waals surface area contributed by atoms with Gasteiger partial charge < -0.3 is 9.47 Å². The molecule has 1 unspecified atom stereocenters. The van der Waals surface area contributed by atoms with Crippen molar-refractivity contribution < 1.29 is 14.3 Å². The van der Waals surface area contributed by atoms with Crippen LogP contribution in [0.5, 0.6) is 11.5 Å². The lowest BCUT2D eigenvalue weighted by molar-refractivity contribution is 0.0542. The van der Waals surface area contributed by atoms with Crippen molar-refractivity contribution in [3.8, 4) is 11.5 Å². The first-order chi connectivity index (χ1) is 10.6. The van der Waals surface area contributed by atoms with E-state index in [1.807, 2.05) is 32.2 Å². The van der Waals surface area contributed by atoms with Gasteiger partial charge in [0.2, 0.25) is 0 Å². The summed E-state index contributed by atoms with van der Waals surface area (Å²) in [5.74, 6) is 1.20. The smallest absolute Gasteiger partial charge is 0.153 e. The zero-order chi connectivity index (χ0) is 15.9. The van der Waals surface area contributed by atoms with Crippen LogP contribution in [0.3, 0.4) is 0 Å². The Morgan fingerprint density at radius 2 is 1.91 bits per heavy atom. The Kier molecular flexibility index (Phi) is 5.55. The summed E-state index contributed by atoms with van der Waals surface area (Å²) in [6.07, 6.45) is 0.620. The lowest BCUT2D eigenvalue weighted by atomic mass is 10.2. The second-order valence-corrected chi connectivity index (χ2v) is 5.14. The molecule has 2 aromatic rings. The van der Waals surface area contributed by atoms with Crippen LogP contribution in [0.2, 0.25) is 0 Å². The summed E-state index contributed by atoms with van der Waals surface area (Å²) in [6.45, 7) is 2.73. The molecule has 0 spiro atoms. The average molecular weight is 299 g/mol. The largest absolute Gasteiger partial charge is 0.497 e. The SMILES string of the molecule is COc1ccc(OC(C)N(C)Cc2ccccc2)c(C=O)c1. The standard InChI is InChI=1S/C18H21NO3/c1-14(19(2)12-15-7-5-4-6-8-15)22-18-10-9-17(21-3)11-16(18)13-20/h4-11,13-14H,12H2,1-3H3. The van der Waals surface area contributed by atoms with Crippen molar-refractivity contribution in [2.24, 2.45) is 0 Å². The molecule has 2 rings (SSSR count). The maximum absolute atomic E-state index is 11.2. The van der Waals surface area contributed by atoms with Gasteiger partial charge in [0, 0.05) is 6.54 Å². The fraction of sp³-hybridized carbons (Fsp3) is 0.278. The van der Waals surface area contributed by atoms with E-state index >= 15 is 0 Å². The lowest BCUT2D eigenvalue weighted by Crippen LogP contribution is -2.33. The molecule has 4 nitrogen and oxygen atoms in total. The highest BCUT2D eigenvalue weighted by molar-refractivity contribution is 5.80. The highest BCUT2D eigenvalue weighted by Gasteiger charge is 2.14. The Morgan fingerprint density at radius 1 is 1.18 bits per heavy atom. The number of nitrogens with zero attached hydrogens (tertiary/aromatic N) is 1. The number of rotatable bonds is 7. The van der Waals surface area contributed by atoms with Gasteiger partial charge in [0.1, 0.15) is 17.7 Å². The summed E-state index contributed by atoms with van der Waals surface area (Å²) in [4.78, 5) is 13.3. The number of hydrogen-bond donors (Lipinski definition) is 0. The molecule has 0 fully saturated rings. The predicted octanol–water partition coefficient (Wildman–Crippen LogP) is 3.36. The van der Waals surface area contributed by atoms with Gasteiger partial charge in [-0.25, -0.2) is 0 Å². The number of benzene rings is 2. The van der Waals surface area contributed by atoms with Gasteiger partial charge in [-0.1, -0.05) is 30.3 Å². The second-order valence-electron chi connectivity index (χ2n) is 5.14. The molecular formula is C18H21NO3. The quantitative estimate of drug-likeness (QED) is 0.580. The molecule has 0 aromatic heterocycles. The van der Waals surface area contributed by atoms with Gasteiger partial charge in [0.25, 0.3) is 0 Å². The zero-order valence-corrected chi connectivity index (χ0v) is 13.2. The Bertz CT molecular complexity index is 613. The molecule has 0 N–H and O–H groups in total. The first kappa shape index (κ1) is 16.0. The van der Waals surface area contributed by atoms with Crippen LogP contribution < -0.4 is 9.47 Å². The molecule has 1 atom stereocenters. The van der Waals surface area contributed by atoms with E-state index in [1.165, 1.54) is 5.56 Å². The summed E-state index contributed by atoms with van der Waals surface area (Å²) in [5, 5.41) is 0. The first-order valence-electron chi connectivity index (χ1n) is 7.18. The number of methoxy groups -OCH3 is 1.